The Labute approximate surface area is 50.3 Å². The zero-order chi connectivity index (χ0) is 5.98. The van der Waals surface area contributed by atoms with Crippen molar-refractivity contribution in [3.05, 3.63) is 12.3 Å². The molecule has 0 aliphatic carbocycles. The van der Waals surface area contributed by atoms with Gasteiger partial charge in [0.2, 0.25) is 0 Å². The van der Waals surface area contributed by atoms with Crippen molar-refractivity contribution in [2.24, 2.45) is 5.92 Å². The van der Waals surface area contributed by atoms with Crippen molar-refractivity contribution >= 4 is 0 Å². The van der Waals surface area contributed by atoms with E-state index in [-0.39, 0.29) is 0 Å². The van der Waals surface area contributed by atoms with Gasteiger partial charge in [0.05, 0.1) is 12.4 Å². The molecule has 1 heterocycles. The zero-order valence-electron chi connectivity index (χ0n) is 5.31. The summed E-state index contributed by atoms with van der Waals surface area (Å²) in [7, 11) is 0. The lowest BCUT2D eigenvalue weighted by atomic mass is 10.0. The van der Waals surface area contributed by atoms with Gasteiger partial charge in [0.1, 0.15) is 0 Å². The van der Waals surface area contributed by atoms with Gasteiger partial charge in [-0.25, -0.2) is 0 Å². The first-order valence-electron chi connectivity index (χ1n) is 3.09. The normalized spacial score (nSPS) is 29.6. The number of hydrogen-bond acceptors (Lipinski definition) is 1. The number of hydrogen-bond donors (Lipinski definition) is 0. The fraction of sp³-hybridized carbons (Fsp3) is 0.714. The molecule has 0 spiro atoms. The van der Waals surface area contributed by atoms with Crippen molar-refractivity contribution < 1.29 is 4.74 Å². The Balaban J connectivity index is 2.29. The molecule has 1 aliphatic rings. The fourth-order valence-corrected chi connectivity index (χ4v) is 0.823. The third kappa shape index (κ3) is 1.25. The molecule has 0 radical (unpaired) electrons. The van der Waals surface area contributed by atoms with Crippen LogP contribution in [0.4, 0.5) is 0 Å². The minimum absolute atomic E-state index is 0.737. The molecule has 0 aromatic carbocycles. The molecule has 0 saturated carbocycles. The Morgan fingerprint density at radius 2 is 2.50 bits per heavy atom. The molecule has 1 fully saturated rings. The highest BCUT2D eigenvalue weighted by atomic mass is 16.5. The summed E-state index contributed by atoms with van der Waals surface area (Å²) in [6, 6.07) is 0. The average Bonchev–Trinajstić information content (AvgIpc) is 1.77. The molecule has 0 aromatic rings. The van der Waals surface area contributed by atoms with Crippen molar-refractivity contribution in [1.29, 1.82) is 0 Å². The minimum Gasteiger partial charge on any atom is -0.498 e. The van der Waals surface area contributed by atoms with Gasteiger partial charge in [-0.2, -0.15) is 0 Å². The zero-order valence-corrected chi connectivity index (χ0v) is 5.31. The maximum atomic E-state index is 5.20. The van der Waals surface area contributed by atoms with E-state index in [4.69, 9.17) is 4.74 Å². The summed E-state index contributed by atoms with van der Waals surface area (Å²) in [5.41, 5.74) is 0. The Hall–Kier alpha value is -0.460. The minimum atomic E-state index is 0.737. The van der Waals surface area contributed by atoms with Gasteiger partial charge in [-0.1, -0.05) is 13.5 Å². The Morgan fingerprint density at radius 3 is 2.88 bits per heavy atom. The number of allylic oxidation sites excluding steroid dienone is 1. The van der Waals surface area contributed by atoms with Crippen molar-refractivity contribution in [2.45, 2.75) is 19.8 Å². The highest BCUT2D eigenvalue weighted by molar-refractivity contribution is 4.86. The molecule has 0 N–H and O–H groups in total. The summed E-state index contributed by atoms with van der Waals surface area (Å²) in [4.78, 5) is 0. The molecular weight excluding hydrogens is 100 g/mol. The lowest BCUT2D eigenvalue weighted by Crippen LogP contribution is -2.11. The van der Waals surface area contributed by atoms with Crippen LogP contribution in [0.3, 0.4) is 0 Å². The largest absolute Gasteiger partial charge is 0.498 e. The maximum Gasteiger partial charge on any atom is 0.0902 e. The van der Waals surface area contributed by atoms with Crippen LogP contribution in [0, 0.1) is 5.92 Å². The first kappa shape index (κ1) is 5.67. The van der Waals surface area contributed by atoms with E-state index in [1.165, 1.54) is 6.42 Å². The van der Waals surface area contributed by atoms with Crippen LogP contribution in [-0.4, -0.2) is 6.61 Å². The van der Waals surface area contributed by atoms with Crippen LogP contribution in [0.25, 0.3) is 0 Å². The standard InChI is InChI=1S/C7H12O/c1-6-3-4-7(2)8-5-6/h6H,2-5H2,1H3. The van der Waals surface area contributed by atoms with Crippen LogP contribution in [0.1, 0.15) is 19.8 Å². The SMILES string of the molecule is C=C1CCC(C)CO1. The highest BCUT2D eigenvalue weighted by Gasteiger charge is 2.10. The lowest BCUT2D eigenvalue weighted by Gasteiger charge is -2.20. The summed E-state index contributed by atoms with van der Waals surface area (Å²) < 4.78 is 5.20. The van der Waals surface area contributed by atoms with E-state index in [0.717, 1.165) is 24.7 Å². The van der Waals surface area contributed by atoms with E-state index < -0.39 is 0 Å². The van der Waals surface area contributed by atoms with Gasteiger partial charge >= 0.3 is 0 Å². The summed E-state index contributed by atoms with van der Waals surface area (Å²) >= 11 is 0. The number of rotatable bonds is 0. The molecular formula is C7H12O. The summed E-state index contributed by atoms with van der Waals surface area (Å²) in [6.07, 6.45) is 2.31. The molecule has 8 heavy (non-hydrogen) atoms. The highest BCUT2D eigenvalue weighted by Crippen LogP contribution is 2.18. The second kappa shape index (κ2) is 2.21. The van der Waals surface area contributed by atoms with E-state index in [1.807, 2.05) is 0 Å². The third-order valence-corrected chi connectivity index (χ3v) is 1.49. The quantitative estimate of drug-likeness (QED) is 0.465. The van der Waals surface area contributed by atoms with Gasteiger partial charge in [0.25, 0.3) is 0 Å². The fourth-order valence-electron chi connectivity index (χ4n) is 0.823. The molecule has 1 saturated heterocycles. The molecule has 46 valence electrons. The van der Waals surface area contributed by atoms with E-state index in [9.17, 15) is 0 Å². The molecule has 1 nitrogen and oxygen atoms in total. The molecule has 0 amide bonds. The smallest absolute Gasteiger partial charge is 0.0902 e. The maximum absolute atomic E-state index is 5.20. The molecule has 1 aliphatic heterocycles. The van der Waals surface area contributed by atoms with Gasteiger partial charge in [0, 0.05) is 6.42 Å². The van der Waals surface area contributed by atoms with E-state index in [0.29, 0.717) is 0 Å². The summed E-state index contributed by atoms with van der Waals surface area (Å²) in [6.45, 7) is 6.80. The van der Waals surface area contributed by atoms with Crippen LogP contribution in [-0.2, 0) is 4.74 Å². The Morgan fingerprint density at radius 1 is 1.75 bits per heavy atom. The number of ether oxygens (including phenoxy) is 1. The first-order valence-corrected chi connectivity index (χ1v) is 3.09. The van der Waals surface area contributed by atoms with Gasteiger partial charge < -0.3 is 4.74 Å². The van der Waals surface area contributed by atoms with E-state index in [1.54, 1.807) is 0 Å². The topological polar surface area (TPSA) is 9.23 Å². The third-order valence-electron chi connectivity index (χ3n) is 1.49. The average molecular weight is 112 g/mol. The first-order chi connectivity index (χ1) is 3.79. The summed E-state index contributed by atoms with van der Waals surface area (Å²) in [5.74, 6) is 1.70. The van der Waals surface area contributed by atoms with E-state index in [2.05, 4.69) is 13.5 Å². The van der Waals surface area contributed by atoms with Crippen LogP contribution >= 0.6 is 0 Å². The van der Waals surface area contributed by atoms with Gasteiger partial charge in [-0.05, 0) is 12.3 Å². The summed E-state index contributed by atoms with van der Waals surface area (Å²) in [5, 5.41) is 0. The molecule has 0 bridgehead atoms. The lowest BCUT2D eigenvalue weighted by molar-refractivity contribution is 0.125. The van der Waals surface area contributed by atoms with Crippen LogP contribution in [0.15, 0.2) is 12.3 Å². The molecule has 1 atom stereocenters. The Kier molecular flexibility index (Phi) is 1.56. The van der Waals surface area contributed by atoms with Crippen LogP contribution in [0.5, 0.6) is 0 Å². The molecule has 0 aromatic heterocycles. The molecule has 1 heteroatoms. The monoisotopic (exact) mass is 112 g/mol. The van der Waals surface area contributed by atoms with Crippen molar-refractivity contribution in [2.75, 3.05) is 6.61 Å². The molecule has 1 unspecified atom stereocenters. The van der Waals surface area contributed by atoms with Gasteiger partial charge in [-0.3, -0.25) is 0 Å². The molecule has 1 rings (SSSR count). The van der Waals surface area contributed by atoms with Crippen molar-refractivity contribution in [3.63, 3.8) is 0 Å². The second-order valence-electron chi connectivity index (χ2n) is 2.49. The van der Waals surface area contributed by atoms with Crippen LogP contribution in [0.2, 0.25) is 0 Å². The van der Waals surface area contributed by atoms with Gasteiger partial charge in [0.15, 0.2) is 0 Å². The van der Waals surface area contributed by atoms with Gasteiger partial charge in [-0.15, -0.1) is 0 Å². The van der Waals surface area contributed by atoms with Crippen molar-refractivity contribution in [1.82, 2.24) is 0 Å². The predicted octanol–water partition coefficient (Wildman–Crippen LogP) is 1.95. The van der Waals surface area contributed by atoms with Crippen molar-refractivity contribution in [3.8, 4) is 0 Å². The van der Waals surface area contributed by atoms with E-state index >= 15 is 0 Å². The predicted molar refractivity (Wildman–Crippen MR) is 33.5 cm³/mol. The second-order valence-corrected chi connectivity index (χ2v) is 2.49. The van der Waals surface area contributed by atoms with Crippen LogP contribution < -0.4 is 0 Å². The Bertz CT molecular complexity index is 86.6.